The molecule has 2 aromatic carbocycles. The van der Waals surface area contributed by atoms with Crippen LogP contribution in [0.1, 0.15) is 36.8 Å². The van der Waals surface area contributed by atoms with Crippen LogP contribution >= 0.6 is 7.60 Å². The van der Waals surface area contributed by atoms with Gasteiger partial charge in [-0.3, -0.25) is 14.2 Å². The Balaban J connectivity index is 2.24. The van der Waals surface area contributed by atoms with Crippen LogP contribution in [0.4, 0.5) is 0 Å². The average Bonchev–Trinajstić information content (AvgIpc) is 3.21. The van der Waals surface area contributed by atoms with E-state index in [1.807, 2.05) is 0 Å². The van der Waals surface area contributed by atoms with Crippen molar-refractivity contribution in [3.8, 4) is 5.75 Å². The number of methoxy groups -OCH3 is 1. The average molecular weight is 493 g/mol. The zero-order chi connectivity index (χ0) is 24.9. The molecule has 0 radical (unpaired) electrons. The number of hydrogen-bond acceptors (Lipinski definition) is 8. The molecule has 0 spiro atoms. The molecule has 0 bridgehead atoms. The highest BCUT2D eigenvalue weighted by Crippen LogP contribution is 2.65. The topological polar surface area (TPSA) is 132 Å². The van der Waals surface area contributed by atoms with Crippen molar-refractivity contribution in [3.05, 3.63) is 65.7 Å². The Morgan fingerprint density at radius 1 is 1.00 bits per heavy atom. The zero-order valence-electron chi connectivity index (χ0n) is 19.1. The van der Waals surface area contributed by atoms with Gasteiger partial charge in [0.2, 0.25) is 0 Å². The normalized spacial score (nSPS) is 21.8. The van der Waals surface area contributed by atoms with Gasteiger partial charge in [-0.05, 0) is 37.1 Å². The Labute approximate surface area is 197 Å². The highest BCUT2D eigenvalue weighted by Gasteiger charge is 2.58. The van der Waals surface area contributed by atoms with Gasteiger partial charge in [-0.2, -0.15) is 5.06 Å². The molecule has 0 amide bonds. The molecule has 1 heterocycles. The van der Waals surface area contributed by atoms with Crippen molar-refractivity contribution in [1.29, 1.82) is 0 Å². The molecule has 2 aromatic rings. The van der Waals surface area contributed by atoms with Crippen molar-refractivity contribution in [2.24, 2.45) is 5.92 Å². The molecule has 1 unspecified atom stereocenters. The molecule has 1 aliphatic heterocycles. The molecular formula is C23H28NO9P. The first kappa shape index (κ1) is 25.9. The van der Waals surface area contributed by atoms with E-state index < -0.39 is 43.4 Å². The number of benzene rings is 2. The van der Waals surface area contributed by atoms with Gasteiger partial charge in [-0.25, -0.2) is 4.79 Å². The minimum absolute atomic E-state index is 0.0480. The molecule has 0 aromatic heterocycles. The maximum absolute atomic E-state index is 14.1. The van der Waals surface area contributed by atoms with Crippen LogP contribution in [0.2, 0.25) is 0 Å². The van der Waals surface area contributed by atoms with E-state index in [9.17, 15) is 24.4 Å². The number of aliphatic carboxylic acids is 2. The molecule has 0 saturated carbocycles. The number of ether oxygens (including phenoxy) is 1. The van der Waals surface area contributed by atoms with Gasteiger partial charge in [0, 0.05) is 0 Å². The van der Waals surface area contributed by atoms with E-state index in [-0.39, 0.29) is 13.2 Å². The zero-order valence-corrected chi connectivity index (χ0v) is 20.0. The molecule has 2 N–H and O–H groups in total. The van der Waals surface area contributed by atoms with Crippen LogP contribution in [0.25, 0.3) is 0 Å². The number of hydroxylamine groups is 2. The van der Waals surface area contributed by atoms with Crippen molar-refractivity contribution in [2.75, 3.05) is 20.3 Å². The monoisotopic (exact) mass is 493 g/mol. The maximum Gasteiger partial charge on any atom is 0.354 e. The molecule has 34 heavy (non-hydrogen) atoms. The third-order valence-electron chi connectivity index (χ3n) is 5.42. The summed E-state index contributed by atoms with van der Waals surface area (Å²) >= 11 is 0. The molecular weight excluding hydrogens is 465 g/mol. The summed E-state index contributed by atoms with van der Waals surface area (Å²) in [5.41, 5.74) is 0.902. The second kappa shape index (κ2) is 11.1. The predicted octanol–water partition coefficient (Wildman–Crippen LogP) is 4.10. The largest absolute Gasteiger partial charge is 0.497 e. The first-order valence-corrected chi connectivity index (χ1v) is 12.4. The van der Waals surface area contributed by atoms with Crippen molar-refractivity contribution in [3.63, 3.8) is 0 Å². The third kappa shape index (κ3) is 5.16. The number of hydrogen-bond donors (Lipinski definition) is 2. The standard InChI is InChI=1S/C23H28NO9P/c1-4-31-34(29,32-5-2)21(16-9-7-6-8-10-16)24-19(15-11-13-17(30-3)14-12-15)18(22(25)26)20(33-24)23(27)28/h6-14,18-21H,4-5H2,1-3H3,(H,25,26)(H,27,28)/t18-,19+,20+,21?/m0/s1. The van der Waals surface area contributed by atoms with Gasteiger partial charge >= 0.3 is 19.5 Å². The summed E-state index contributed by atoms with van der Waals surface area (Å²) in [7, 11) is -2.50. The van der Waals surface area contributed by atoms with E-state index in [1.54, 1.807) is 68.4 Å². The fourth-order valence-corrected chi connectivity index (χ4v) is 6.14. The van der Waals surface area contributed by atoms with Gasteiger partial charge in [-0.15, -0.1) is 0 Å². The van der Waals surface area contributed by atoms with E-state index in [0.717, 1.165) is 5.06 Å². The highest BCUT2D eigenvalue weighted by atomic mass is 31.2. The molecule has 11 heteroatoms. The van der Waals surface area contributed by atoms with E-state index in [4.69, 9.17) is 18.6 Å². The predicted molar refractivity (Wildman–Crippen MR) is 121 cm³/mol. The smallest absolute Gasteiger partial charge is 0.354 e. The summed E-state index contributed by atoms with van der Waals surface area (Å²) in [5, 5.41) is 21.0. The molecule has 3 rings (SSSR count). The summed E-state index contributed by atoms with van der Waals surface area (Å²) in [6, 6.07) is 13.9. The Hall–Kier alpha value is -2.75. The van der Waals surface area contributed by atoms with Crippen molar-refractivity contribution in [1.82, 2.24) is 5.06 Å². The van der Waals surface area contributed by atoms with E-state index in [1.165, 1.54) is 7.11 Å². The molecule has 1 saturated heterocycles. The van der Waals surface area contributed by atoms with Crippen molar-refractivity contribution < 1.29 is 43.0 Å². The Kier molecular flexibility index (Phi) is 8.46. The van der Waals surface area contributed by atoms with Gasteiger partial charge < -0.3 is 24.0 Å². The summed E-state index contributed by atoms with van der Waals surface area (Å²) in [6.07, 6.45) is -1.73. The number of rotatable bonds is 11. The summed E-state index contributed by atoms with van der Waals surface area (Å²) in [4.78, 5) is 30.1. The quantitative estimate of drug-likeness (QED) is 0.441. The van der Waals surface area contributed by atoms with E-state index in [2.05, 4.69) is 0 Å². The lowest BCUT2D eigenvalue weighted by Gasteiger charge is -2.36. The minimum atomic E-state index is -4.00. The molecule has 10 nitrogen and oxygen atoms in total. The van der Waals surface area contributed by atoms with Crippen LogP contribution in [-0.2, 0) is 28.0 Å². The van der Waals surface area contributed by atoms with Crippen LogP contribution in [0.15, 0.2) is 54.6 Å². The Bertz CT molecular complexity index is 1020. The summed E-state index contributed by atoms with van der Waals surface area (Å²) in [5.74, 6) is -5.03. The van der Waals surface area contributed by atoms with Crippen LogP contribution in [0, 0.1) is 5.92 Å². The Morgan fingerprint density at radius 2 is 1.59 bits per heavy atom. The van der Waals surface area contributed by atoms with Crippen LogP contribution < -0.4 is 4.74 Å². The second-order valence-electron chi connectivity index (χ2n) is 7.47. The molecule has 1 fully saturated rings. The number of carbonyl (C=O) groups is 2. The first-order chi connectivity index (χ1) is 16.3. The summed E-state index contributed by atoms with van der Waals surface area (Å²) < 4.78 is 30.5. The Morgan fingerprint density at radius 3 is 2.06 bits per heavy atom. The molecule has 184 valence electrons. The molecule has 1 aliphatic rings. The van der Waals surface area contributed by atoms with Gasteiger partial charge in [0.05, 0.1) is 26.4 Å². The van der Waals surface area contributed by atoms with Gasteiger partial charge in [0.15, 0.2) is 11.9 Å². The lowest BCUT2D eigenvalue weighted by Crippen LogP contribution is -2.34. The SMILES string of the molecule is CCOP(=O)(OCC)C(c1ccccc1)N1O[C@@H](C(=O)O)[C@@H](C(=O)O)[C@H]1c1ccc(OC)cc1. The van der Waals surface area contributed by atoms with Crippen LogP contribution in [0.5, 0.6) is 5.75 Å². The third-order valence-corrected chi connectivity index (χ3v) is 7.78. The minimum Gasteiger partial charge on any atom is -0.497 e. The van der Waals surface area contributed by atoms with E-state index >= 15 is 0 Å². The van der Waals surface area contributed by atoms with Crippen molar-refractivity contribution >= 4 is 19.5 Å². The highest BCUT2D eigenvalue weighted by molar-refractivity contribution is 7.54. The van der Waals surface area contributed by atoms with Crippen molar-refractivity contribution in [2.45, 2.75) is 31.8 Å². The van der Waals surface area contributed by atoms with Gasteiger partial charge in [-0.1, -0.05) is 42.5 Å². The fourth-order valence-electron chi connectivity index (χ4n) is 4.05. The van der Waals surface area contributed by atoms with Crippen LogP contribution in [0.3, 0.4) is 0 Å². The number of nitrogens with zero attached hydrogens (tertiary/aromatic N) is 1. The van der Waals surface area contributed by atoms with Gasteiger partial charge in [0.25, 0.3) is 0 Å². The lowest BCUT2D eigenvalue weighted by atomic mass is 9.89. The maximum atomic E-state index is 14.1. The van der Waals surface area contributed by atoms with Crippen LogP contribution in [-0.4, -0.2) is 53.6 Å². The number of carboxylic acids is 2. The van der Waals surface area contributed by atoms with E-state index in [0.29, 0.717) is 16.9 Å². The molecule has 4 atom stereocenters. The summed E-state index contributed by atoms with van der Waals surface area (Å²) in [6.45, 7) is 3.40. The number of carboxylic acid groups (broad SMARTS) is 2. The first-order valence-electron chi connectivity index (χ1n) is 10.8. The fraction of sp³-hybridized carbons (Fsp3) is 0.391. The van der Waals surface area contributed by atoms with Gasteiger partial charge in [0.1, 0.15) is 11.7 Å². The lowest BCUT2D eigenvalue weighted by molar-refractivity contribution is -0.195. The second-order valence-corrected chi connectivity index (χ2v) is 9.55. The molecule has 0 aliphatic carbocycles.